The summed E-state index contributed by atoms with van der Waals surface area (Å²) in [7, 11) is 0. The molecule has 2 aliphatic rings. The van der Waals surface area contributed by atoms with Crippen molar-refractivity contribution >= 4 is 21.6 Å². The molecular formula is C12H12BrN3. The van der Waals surface area contributed by atoms with Crippen LogP contribution in [0.2, 0.25) is 0 Å². The van der Waals surface area contributed by atoms with Crippen molar-refractivity contribution in [3.05, 3.63) is 28.2 Å². The summed E-state index contributed by atoms with van der Waals surface area (Å²) in [5, 5.41) is 15.9. The maximum atomic E-state index is 9.03. The van der Waals surface area contributed by atoms with Gasteiger partial charge in [0, 0.05) is 23.6 Å². The molecule has 1 aromatic carbocycles. The summed E-state index contributed by atoms with van der Waals surface area (Å²) in [6.45, 7) is 2.22. The highest BCUT2D eigenvalue weighted by atomic mass is 79.9. The van der Waals surface area contributed by atoms with Crippen LogP contribution in [0.25, 0.3) is 0 Å². The zero-order valence-corrected chi connectivity index (χ0v) is 10.3. The molecule has 0 aromatic heterocycles. The van der Waals surface area contributed by atoms with E-state index in [0.29, 0.717) is 6.04 Å². The van der Waals surface area contributed by atoms with Gasteiger partial charge >= 0.3 is 0 Å². The second-order valence-corrected chi connectivity index (χ2v) is 5.37. The van der Waals surface area contributed by atoms with E-state index >= 15 is 0 Å². The summed E-state index contributed by atoms with van der Waals surface area (Å²) in [6.07, 6.45) is 0. The number of hydrogen-bond acceptors (Lipinski definition) is 3. The Labute approximate surface area is 103 Å². The Morgan fingerprint density at radius 2 is 2.12 bits per heavy atom. The lowest BCUT2D eigenvalue weighted by molar-refractivity contribution is 0.697. The van der Waals surface area contributed by atoms with Crippen LogP contribution in [0, 0.1) is 23.2 Å². The molecule has 2 N–H and O–H groups in total. The summed E-state index contributed by atoms with van der Waals surface area (Å²) >= 11 is 3.44. The minimum Gasteiger partial charge on any atom is -0.381 e. The van der Waals surface area contributed by atoms with Gasteiger partial charge in [-0.1, -0.05) is 15.9 Å². The Morgan fingerprint density at radius 3 is 2.81 bits per heavy atom. The fourth-order valence-electron chi connectivity index (χ4n) is 2.55. The van der Waals surface area contributed by atoms with Crippen molar-refractivity contribution in [2.45, 2.75) is 6.04 Å². The van der Waals surface area contributed by atoms with Crippen molar-refractivity contribution in [1.29, 1.82) is 5.26 Å². The van der Waals surface area contributed by atoms with Crippen LogP contribution in [0.5, 0.6) is 0 Å². The van der Waals surface area contributed by atoms with Crippen molar-refractivity contribution in [3.63, 3.8) is 0 Å². The quantitative estimate of drug-likeness (QED) is 0.869. The number of nitrogens with zero attached hydrogens (tertiary/aromatic N) is 1. The van der Waals surface area contributed by atoms with Gasteiger partial charge in [-0.2, -0.15) is 5.26 Å². The van der Waals surface area contributed by atoms with Gasteiger partial charge in [0.15, 0.2) is 0 Å². The van der Waals surface area contributed by atoms with E-state index in [1.165, 1.54) is 0 Å². The molecule has 1 aliphatic heterocycles. The average molecular weight is 278 g/mol. The Kier molecular flexibility index (Phi) is 2.38. The normalized spacial score (nSPS) is 30.6. The van der Waals surface area contributed by atoms with Crippen LogP contribution in [-0.2, 0) is 0 Å². The highest BCUT2D eigenvalue weighted by Crippen LogP contribution is 2.44. The Morgan fingerprint density at radius 1 is 1.38 bits per heavy atom. The molecule has 1 aliphatic carbocycles. The number of halogens is 1. The minimum atomic E-state index is 0.558. The molecule has 2 atom stereocenters. The van der Waals surface area contributed by atoms with E-state index in [0.717, 1.165) is 40.6 Å². The molecule has 3 rings (SSSR count). The number of benzene rings is 1. The number of piperidine rings is 1. The van der Waals surface area contributed by atoms with Crippen LogP contribution < -0.4 is 10.6 Å². The van der Waals surface area contributed by atoms with Crippen LogP contribution >= 0.6 is 15.9 Å². The molecule has 1 heterocycles. The third-order valence-corrected chi connectivity index (χ3v) is 4.01. The SMILES string of the molecule is N#Cc1ccc(Br)cc1NC1C2CNCC21. The molecule has 0 bridgehead atoms. The van der Waals surface area contributed by atoms with E-state index in [2.05, 4.69) is 32.6 Å². The zero-order valence-electron chi connectivity index (χ0n) is 8.70. The highest BCUT2D eigenvalue weighted by molar-refractivity contribution is 9.10. The lowest BCUT2D eigenvalue weighted by Gasteiger charge is -2.10. The number of anilines is 1. The number of hydrogen-bond donors (Lipinski definition) is 2. The lowest BCUT2D eigenvalue weighted by Crippen LogP contribution is -2.21. The van der Waals surface area contributed by atoms with Crippen LogP contribution in [0.1, 0.15) is 5.56 Å². The first-order chi connectivity index (χ1) is 7.79. The average Bonchev–Trinajstić information content (AvgIpc) is 2.75. The molecule has 0 radical (unpaired) electrons. The fourth-order valence-corrected chi connectivity index (χ4v) is 2.91. The lowest BCUT2D eigenvalue weighted by atomic mass is 10.2. The molecule has 2 unspecified atom stereocenters. The standard InChI is InChI=1S/C12H12BrN3/c13-8-2-1-7(4-14)11(3-8)16-12-9-5-15-6-10(9)12/h1-3,9-10,12,15-16H,5-6H2. The van der Waals surface area contributed by atoms with Crippen LogP contribution in [0.15, 0.2) is 22.7 Å². The third-order valence-electron chi connectivity index (χ3n) is 3.52. The molecule has 3 nitrogen and oxygen atoms in total. The smallest absolute Gasteiger partial charge is 0.101 e. The third kappa shape index (κ3) is 1.60. The Bertz CT molecular complexity index is 456. The van der Waals surface area contributed by atoms with Crippen LogP contribution in [0.3, 0.4) is 0 Å². The van der Waals surface area contributed by atoms with Gasteiger partial charge in [-0.05, 0) is 30.0 Å². The van der Waals surface area contributed by atoms with Gasteiger partial charge in [0.1, 0.15) is 6.07 Å². The molecule has 1 saturated carbocycles. The molecule has 0 amide bonds. The van der Waals surface area contributed by atoms with E-state index in [9.17, 15) is 0 Å². The largest absolute Gasteiger partial charge is 0.381 e. The summed E-state index contributed by atoms with van der Waals surface area (Å²) in [4.78, 5) is 0. The summed E-state index contributed by atoms with van der Waals surface area (Å²) in [6, 6.07) is 8.52. The van der Waals surface area contributed by atoms with Gasteiger partial charge in [-0.25, -0.2) is 0 Å². The topological polar surface area (TPSA) is 47.9 Å². The van der Waals surface area contributed by atoms with E-state index in [-0.39, 0.29) is 0 Å². The molecule has 1 saturated heterocycles. The first-order valence-corrected chi connectivity index (χ1v) is 6.26. The first-order valence-electron chi connectivity index (χ1n) is 5.46. The Balaban J connectivity index is 1.79. The summed E-state index contributed by atoms with van der Waals surface area (Å²) in [5.41, 5.74) is 1.68. The predicted octanol–water partition coefficient (Wildman–Crippen LogP) is 1.95. The number of fused-ring (bicyclic) bond motifs is 1. The van der Waals surface area contributed by atoms with Gasteiger partial charge in [0.25, 0.3) is 0 Å². The monoisotopic (exact) mass is 277 g/mol. The van der Waals surface area contributed by atoms with Crippen LogP contribution in [-0.4, -0.2) is 19.1 Å². The molecule has 16 heavy (non-hydrogen) atoms. The molecule has 1 aromatic rings. The van der Waals surface area contributed by atoms with Gasteiger partial charge in [-0.3, -0.25) is 0 Å². The highest BCUT2D eigenvalue weighted by Gasteiger charge is 2.53. The number of nitriles is 1. The fraction of sp³-hybridized carbons (Fsp3) is 0.417. The second kappa shape index (κ2) is 3.76. The molecular weight excluding hydrogens is 266 g/mol. The van der Waals surface area contributed by atoms with E-state index < -0.39 is 0 Å². The van der Waals surface area contributed by atoms with Gasteiger partial charge in [-0.15, -0.1) is 0 Å². The van der Waals surface area contributed by atoms with E-state index in [1.807, 2.05) is 18.2 Å². The second-order valence-electron chi connectivity index (χ2n) is 4.46. The molecule has 82 valence electrons. The van der Waals surface area contributed by atoms with Crippen molar-refractivity contribution in [1.82, 2.24) is 5.32 Å². The minimum absolute atomic E-state index is 0.558. The molecule has 2 fully saturated rings. The zero-order chi connectivity index (χ0) is 11.1. The first kappa shape index (κ1) is 10.1. The Hall–Kier alpha value is -1.05. The predicted molar refractivity (Wildman–Crippen MR) is 66.1 cm³/mol. The molecule has 4 heteroatoms. The van der Waals surface area contributed by atoms with Crippen molar-refractivity contribution in [2.75, 3.05) is 18.4 Å². The van der Waals surface area contributed by atoms with Crippen molar-refractivity contribution in [2.24, 2.45) is 11.8 Å². The van der Waals surface area contributed by atoms with Crippen LogP contribution in [0.4, 0.5) is 5.69 Å². The van der Waals surface area contributed by atoms with E-state index in [1.54, 1.807) is 0 Å². The summed E-state index contributed by atoms with van der Waals surface area (Å²) < 4.78 is 1.01. The van der Waals surface area contributed by atoms with Gasteiger partial charge < -0.3 is 10.6 Å². The number of rotatable bonds is 2. The van der Waals surface area contributed by atoms with Crippen molar-refractivity contribution in [3.8, 4) is 6.07 Å². The van der Waals surface area contributed by atoms with E-state index in [4.69, 9.17) is 5.26 Å². The maximum absolute atomic E-state index is 9.03. The van der Waals surface area contributed by atoms with Crippen molar-refractivity contribution < 1.29 is 0 Å². The van der Waals surface area contributed by atoms with Gasteiger partial charge in [0.2, 0.25) is 0 Å². The summed E-state index contributed by atoms with van der Waals surface area (Å²) in [5.74, 6) is 1.51. The van der Waals surface area contributed by atoms with Gasteiger partial charge in [0.05, 0.1) is 11.3 Å². The number of nitrogens with one attached hydrogen (secondary N) is 2. The maximum Gasteiger partial charge on any atom is 0.101 e. The molecule has 0 spiro atoms.